The number of anilines is 1. The van der Waals surface area contributed by atoms with Crippen LogP contribution in [0.5, 0.6) is 0 Å². The molecule has 1 unspecified atom stereocenters. The normalized spacial score (nSPS) is 17.4. The lowest BCUT2D eigenvalue weighted by molar-refractivity contribution is -0.124. The van der Waals surface area contributed by atoms with Crippen molar-refractivity contribution in [1.82, 2.24) is 4.90 Å². The molecule has 2 aromatic carbocycles. The Labute approximate surface area is 178 Å². The van der Waals surface area contributed by atoms with Crippen LogP contribution in [0.2, 0.25) is 5.02 Å². The summed E-state index contributed by atoms with van der Waals surface area (Å²) in [4.78, 5) is 36.2. The molecule has 0 saturated carbocycles. The molecule has 1 N–H and O–H groups in total. The Balaban J connectivity index is 1.55. The molecule has 0 spiro atoms. The molecule has 29 heavy (non-hydrogen) atoms. The molecule has 2 aliphatic rings. The van der Waals surface area contributed by atoms with Crippen molar-refractivity contribution in [3.63, 3.8) is 0 Å². The zero-order valence-corrected chi connectivity index (χ0v) is 17.3. The van der Waals surface area contributed by atoms with Gasteiger partial charge in [-0.05, 0) is 30.7 Å². The number of hydrogen-bond acceptors (Lipinski definition) is 5. The number of nitrogens with zero attached hydrogens (tertiary/aromatic N) is 3. The molecule has 6 nitrogen and oxygen atoms in total. The van der Waals surface area contributed by atoms with Crippen LogP contribution in [0, 0.1) is 0 Å². The third-order valence-electron chi connectivity index (χ3n) is 4.59. The van der Waals surface area contributed by atoms with Crippen molar-refractivity contribution < 1.29 is 9.59 Å². The van der Waals surface area contributed by atoms with Gasteiger partial charge in [-0.2, -0.15) is 0 Å². The van der Waals surface area contributed by atoms with E-state index < -0.39 is 6.04 Å². The molecule has 2 aromatic rings. The van der Waals surface area contributed by atoms with Gasteiger partial charge in [0.1, 0.15) is 11.9 Å². The predicted octanol–water partition coefficient (Wildman–Crippen LogP) is 4.47. The quantitative estimate of drug-likeness (QED) is 0.766. The van der Waals surface area contributed by atoms with E-state index in [4.69, 9.17) is 11.6 Å². The van der Waals surface area contributed by atoms with Gasteiger partial charge in [-0.3, -0.25) is 14.6 Å². The van der Waals surface area contributed by atoms with Crippen LogP contribution in [0.3, 0.4) is 0 Å². The van der Waals surface area contributed by atoms with E-state index >= 15 is 0 Å². The van der Waals surface area contributed by atoms with E-state index in [1.54, 1.807) is 29.2 Å². The van der Waals surface area contributed by atoms with Gasteiger partial charge in [0.2, 0.25) is 5.91 Å². The predicted molar refractivity (Wildman–Crippen MR) is 118 cm³/mol. The molecule has 2 amide bonds. The van der Waals surface area contributed by atoms with Gasteiger partial charge in [0.05, 0.1) is 22.2 Å². The van der Waals surface area contributed by atoms with E-state index in [1.165, 1.54) is 11.8 Å². The summed E-state index contributed by atoms with van der Waals surface area (Å²) in [6.45, 7) is 2.03. The molecule has 0 aliphatic carbocycles. The van der Waals surface area contributed by atoms with E-state index in [0.29, 0.717) is 28.1 Å². The molecule has 0 bridgehead atoms. The molecular weight excluding hydrogens is 408 g/mol. The number of para-hydroxylation sites is 2. The number of thioether (sulfide) groups is 1. The Morgan fingerprint density at radius 3 is 2.76 bits per heavy atom. The van der Waals surface area contributed by atoms with Crippen molar-refractivity contribution in [2.75, 3.05) is 11.1 Å². The van der Waals surface area contributed by atoms with E-state index in [-0.39, 0.29) is 17.6 Å². The monoisotopic (exact) mass is 426 g/mol. The molecule has 0 fully saturated rings. The number of nitrogens with one attached hydrogen (secondary N) is 1. The van der Waals surface area contributed by atoms with E-state index in [1.807, 2.05) is 31.2 Å². The van der Waals surface area contributed by atoms with Crippen LogP contribution in [0.15, 0.2) is 58.5 Å². The van der Waals surface area contributed by atoms with E-state index in [0.717, 1.165) is 17.7 Å². The number of halogens is 1. The van der Waals surface area contributed by atoms with Crippen molar-refractivity contribution in [2.24, 2.45) is 9.98 Å². The molecule has 0 aromatic heterocycles. The lowest BCUT2D eigenvalue weighted by atomic mass is 10.1. The zero-order chi connectivity index (χ0) is 20.4. The Bertz CT molecular complexity index is 1040. The molecule has 148 valence electrons. The van der Waals surface area contributed by atoms with Crippen LogP contribution < -0.4 is 5.32 Å². The third kappa shape index (κ3) is 3.93. The number of hydrogen-bond donors (Lipinski definition) is 1. The number of benzene rings is 2. The summed E-state index contributed by atoms with van der Waals surface area (Å²) in [5.41, 5.74) is 2.14. The first kappa shape index (κ1) is 19.7. The van der Waals surface area contributed by atoms with Crippen molar-refractivity contribution in [1.29, 1.82) is 0 Å². The fraction of sp³-hybridized carbons (Fsp3) is 0.238. The molecular formula is C21H19ClN4O2S. The highest BCUT2D eigenvalue weighted by atomic mass is 35.5. The zero-order valence-electron chi connectivity index (χ0n) is 15.8. The van der Waals surface area contributed by atoms with Gasteiger partial charge in [0.15, 0.2) is 5.17 Å². The summed E-state index contributed by atoms with van der Waals surface area (Å²) >= 11 is 7.31. The molecule has 1 atom stereocenters. The maximum absolute atomic E-state index is 12.9. The van der Waals surface area contributed by atoms with Gasteiger partial charge in [-0.15, -0.1) is 0 Å². The van der Waals surface area contributed by atoms with Crippen LogP contribution in [0.1, 0.15) is 25.3 Å². The number of rotatable bonds is 5. The van der Waals surface area contributed by atoms with Crippen LogP contribution >= 0.6 is 23.4 Å². The second-order valence-corrected chi connectivity index (χ2v) is 8.01. The molecule has 2 aliphatic heterocycles. The SMILES string of the molecule is CCCC1N=C2c3ccccc3N=C(SCC(=O)Nc3ccccc3Cl)N2C1=O. The van der Waals surface area contributed by atoms with E-state index in [9.17, 15) is 9.59 Å². The summed E-state index contributed by atoms with van der Waals surface area (Å²) < 4.78 is 0. The highest BCUT2D eigenvalue weighted by Crippen LogP contribution is 2.34. The van der Waals surface area contributed by atoms with E-state index in [2.05, 4.69) is 15.3 Å². The van der Waals surface area contributed by atoms with Crippen LogP contribution in [0.25, 0.3) is 0 Å². The van der Waals surface area contributed by atoms with Gasteiger partial charge in [0.25, 0.3) is 5.91 Å². The number of amides is 2. The summed E-state index contributed by atoms with van der Waals surface area (Å²) in [5.74, 6) is 0.406. The lowest BCUT2D eigenvalue weighted by Gasteiger charge is -2.25. The fourth-order valence-electron chi connectivity index (χ4n) is 3.24. The second-order valence-electron chi connectivity index (χ2n) is 6.66. The summed E-state index contributed by atoms with van der Waals surface area (Å²) in [6.07, 6.45) is 1.55. The maximum atomic E-state index is 12.9. The van der Waals surface area contributed by atoms with Crippen molar-refractivity contribution in [3.8, 4) is 0 Å². The number of carbonyl (C=O) groups excluding carboxylic acids is 2. The highest BCUT2D eigenvalue weighted by molar-refractivity contribution is 8.14. The molecule has 4 rings (SSSR count). The molecule has 8 heteroatoms. The number of amidine groups is 2. The Hall–Kier alpha value is -2.64. The average molecular weight is 427 g/mol. The first-order valence-corrected chi connectivity index (χ1v) is 10.7. The second kappa shape index (κ2) is 8.39. The first-order valence-electron chi connectivity index (χ1n) is 9.35. The van der Waals surface area contributed by atoms with Crippen molar-refractivity contribution in [3.05, 3.63) is 59.1 Å². The largest absolute Gasteiger partial charge is 0.324 e. The summed E-state index contributed by atoms with van der Waals surface area (Å²) in [6, 6.07) is 14.3. The maximum Gasteiger partial charge on any atom is 0.259 e. The number of fused-ring (bicyclic) bond motifs is 3. The number of carbonyl (C=O) groups is 2. The first-order chi connectivity index (χ1) is 14.1. The van der Waals surface area contributed by atoms with Gasteiger partial charge in [-0.25, -0.2) is 9.89 Å². The standard InChI is InChI=1S/C21H19ClN4O2S/c1-2-7-17-20(28)26-19(24-17)13-8-3-5-10-15(13)25-21(26)29-12-18(27)23-16-11-6-4-9-14(16)22/h3-6,8-11,17H,2,7,12H2,1H3,(H,23,27). The minimum Gasteiger partial charge on any atom is -0.324 e. The van der Waals surface area contributed by atoms with Gasteiger partial charge >= 0.3 is 0 Å². The molecule has 2 heterocycles. The van der Waals surface area contributed by atoms with Crippen molar-refractivity contribution in [2.45, 2.75) is 25.8 Å². The van der Waals surface area contributed by atoms with Gasteiger partial charge in [-0.1, -0.05) is 61.0 Å². The summed E-state index contributed by atoms with van der Waals surface area (Å²) in [7, 11) is 0. The fourth-order valence-corrected chi connectivity index (χ4v) is 4.22. The van der Waals surface area contributed by atoms with Crippen molar-refractivity contribution >= 4 is 57.6 Å². The van der Waals surface area contributed by atoms with Crippen LogP contribution in [-0.4, -0.2) is 39.5 Å². The lowest BCUT2D eigenvalue weighted by Crippen LogP contribution is -2.41. The summed E-state index contributed by atoms with van der Waals surface area (Å²) in [5, 5.41) is 3.73. The van der Waals surface area contributed by atoms with Crippen LogP contribution in [0.4, 0.5) is 11.4 Å². The highest BCUT2D eigenvalue weighted by Gasteiger charge is 2.40. The number of aliphatic imine (C=N–C) groups is 2. The minimum absolute atomic E-state index is 0.0888. The minimum atomic E-state index is -0.399. The average Bonchev–Trinajstić information content (AvgIpc) is 3.05. The van der Waals surface area contributed by atoms with Crippen LogP contribution in [-0.2, 0) is 9.59 Å². The smallest absolute Gasteiger partial charge is 0.259 e. The topological polar surface area (TPSA) is 74.1 Å². The third-order valence-corrected chi connectivity index (χ3v) is 5.86. The van der Waals surface area contributed by atoms with Gasteiger partial charge in [0, 0.05) is 5.56 Å². The molecule has 0 radical (unpaired) electrons. The Morgan fingerprint density at radius 1 is 1.21 bits per heavy atom. The Kier molecular flexibility index (Phi) is 5.69. The molecule has 0 saturated heterocycles. The van der Waals surface area contributed by atoms with Gasteiger partial charge < -0.3 is 5.32 Å². The Morgan fingerprint density at radius 2 is 1.97 bits per heavy atom.